The highest BCUT2D eigenvalue weighted by molar-refractivity contribution is 5.79. The van der Waals surface area contributed by atoms with Crippen molar-refractivity contribution in [3.63, 3.8) is 0 Å². The summed E-state index contributed by atoms with van der Waals surface area (Å²) < 4.78 is 16.7. The van der Waals surface area contributed by atoms with Gasteiger partial charge in [-0.2, -0.15) is 0 Å². The lowest BCUT2D eigenvalue weighted by molar-refractivity contribution is -0.127. The maximum absolute atomic E-state index is 12.8. The molecule has 0 spiro atoms. The van der Waals surface area contributed by atoms with Gasteiger partial charge in [-0.1, -0.05) is 30.3 Å². The van der Waals surface area contributed by atoms with Crippen molar-refractivity contribution in [3.8, 4) is 23.0 Å². The molecule has 192 valence electrons. The van der Waals surface area contributed by atoms with E-state index < -0.39 is 0 Å². The smallest absolute Gasteiger partial charge is 0.226 e. The van der Waals surface area contributed by atoms with Crippen molar-refractivity contribution >= 4 is 5.91 Å². The van der Waals surface area contributed by atoms with Gasteiger partial charge in [-0.05, 0) is 76.4 Å². The van der Waals surface area contributed by atoms with Crippen LogP contribution in [0.15, 0.2) is 52.9 Å². The minimum absolute atomic E-state index is 0.0705. The van der Waals surface area contributed by atoms with Gasteiger partial charge >= 0.3 is 0 Å². The molecule has 2 aromatic carbocycles. The summed E-state index contributed by atoms with van der Waals surface area (Å²) in [5.41, 5.74) is 3.08. The van der Waals surface area contributed by atoms with Crippen LogP contribution < -0.4 is 14.8 Å². The van der Waals surface area contributed by atoms with Crippen LogP contribution in [0.5, 0.6) is 11.5 Å². The highest BCUT2D eigenvalue weighted by Crippen LogP contribution is 2.33. The Morgan fingerprint density at radius 1 is 1.11 bits per heavy atom. The fraction of sp³-hybridized carbons (Fsp3) is 0.448. The summed E-state index contributed by atoms with van der Waals surface area (Å²) >= 11 is 0. The lowest BCUT2D eigenvalue weighted by Gasteiger charge is -2.31. The Balaban J connectivity index is 1.26. The minimum Gasteiger partial charge on any atom is -0.493 e. The molecule has 36 heavy (non-hydrogen) atoms. The molecule has 1 atom stereocenters. The molecule has 4 rings (SSSR count). The van der Waals surface area contributed by atoms with Gasteiger partial charge in [-0.15, -0.1) is 0 Å². The van der Waals surface area contributed by atoms with E-state index in [1.165, 1.54) is 5.56 Å². The van der Waals surface area contributed by atoms with Gasteiger partial charge in [0, 0.05) is 24.1 Å². The molecule has 0 aliphatic carbocycles. The number of hydrogen-bond donors (Lipinski definition) is 1. The average molecular weight is 492 g/mol. The van der Waals surface area contributed by atoms with E-state index in [9.17, 15) is 4.79 Å². The summed E-state index contributed by atoms with van der Waals surface area (Å²) in [5.74, 6) is 2.95. The van der Waals surface area contributed by atoms with Crippen molar-refractivity contribution in [2.75, 3.05) is 27.3 Å². The van der Waals surface area contributed by atoms with Gasteiger partial charge in [0.1, 0.15) is 5.76 Å². The molecular formula is C29H37N3O4. The van der Waals surface area contributed by atoms with Crippen LogP contribution in [-0.2, 0) is 17.8 Å². The molecule has 1 N–H and O–H groups in total. The Hall–Kier alpha value is -3.32. The first kappa shape index (κ1) is 25.8. The van der Waals surface area contributed by atoms with Crippen LogP contribution in [0.3, 0.4) is 0 Å². The van der Waals surface area contributed by atoms with Gasteiger partial charge in [-0.3, -0.25) is 9.69 Å². The van der Waals surface area contributed by atoms with Crippen LogP contribution in [0.4, 0.5) is 0 Å². The summed E-state index contributed by atoms with van der Waals surface area (Å²) in [6.07, 6.45) is 3.64. The molecule has 7 nitrogen and oxygen atoms in total. The maximum atomic E-state index is 12.8. The van der Waals surface area contributed by atoms with E-state index >= 15 is 0 Å². The number of aryl methyl sites for hydroxylation is 2. The molecule has 0 saturated carbocycles. The highest BCUT2D eigenvalue weighted by Gasteiger charge is 2.27. The minimum atomic E-state index is 0.0705. The summed E-state index contributed by atoms with van der Waals surface area (Å²) in [7, 11) is 3.23. The Kier molecular flexibility index (Phi) is 8.65. The second-order valence-electron chi connectivity index (χ2n) is 9.58. The number of carbonyl (C=O) groups excluding carboxylic acids is 1. The van der Waals surface area contributed by atoms with E-state index in [2.05, 4.69) is 41.4 Å². The lowest BCUT2D eigenvalue weighted by atomic mass is 9.95. The number of oxazole rings is 1. The lowest BCUT2D eigenvalue weighted by Crippen LogP contribution is -2.43. The molecule has 1 saturated heterocycles. The van der Waals surface area contributed by atoms with Gasteiger partial charge in [0.25, 0.3) is 0 Å². The number of carbonyl (C=O) groups is 1. The third kappa shape index (κ3) is 6.46. The van der Waals surface area contributed by atoms with Crippen LogP contribution in [0.2, 0.25) is 0 Å². The van der Waals surface area contributed by atoms with Crippen LogP contribution in [0, 0.1) is 12.8 Å². The third-order valence-electron chi connectivity index (χ3n) is 6.95. The molecule has 3 aromatic rings. The summed E-state index contributed by atoms with van der Waals surface area (Å²) in [6, 6.07) is 16.2. The first-order valence-corrected chi connectivity index (χ1v) is 12.7. The number of nitrogens with one attached hydrogen (secondary N) is 1. The molecule has 7 heteroatoms. The molecule has 0 unspecified atom stereocenters. The van der Waals surface area contributed by atoms with Gasteiger partial charge < -0.3 is 19.2 Å². The number of methoxy groups -OCH3 is 2. The van der Waals surface area contributed by atoms with Crippen LogP contribution >= 0.6 is 0 Å². The molecular weight excluding hydrogens is 454 g/mol. The molecule has 0 radical (unpaired) electrons. The topological polar surface area (TPSA) is 76.8 Å². The van der Waals surface area contributed by atoms with E-state index in [0.29, 0.717) is 23.9 Å². The van der Waals surface area contributed by atoms with Gasteiger partial charge in [-0.25, -0.2) is 4.98 Å². The van der Waals surface area contributed by atoms with E-state index in [0.717, 1.165) is 55.8 Å². The van der Waals surface area contributed by atoms with Gasteiger partial charge in [0.2, 0.25) is 11.8 Å². The van der Waals surface area contributed by atoms with Crippen molar-refractivity contribution in [1.29, 1.82) is 0 Å². The quantitative estimate of drug-likeness (QED) is 0.429. The van der Waals surface area contributed by atoms with Crippen molar-refractivity contribution in [2.45, 2.75) is 52.1 Å². The molecule has 1 aliphatic rings. The molecule has 0 bridgehead atoms. The number of rotatable bonds is 10. The Labute approximate surface area is 213 Å². The fourth-order valence-corrected chi connectivity index (χ4v) is 4.69. The molecule has 1 aliphatic heterocycles. The normalized spacial score (nSPS) is 15.4. The zero-order valence-corrected chi connectivity index (χ0v) is 21.8. The number of piperidine rings is 1. The Bertz CT molecular complexity index is 1140. The van der Waals surface area contributed by atoms with Gasteiger partial charge in [0.15, 0.2) is 11.5 Å². The average Bonchev–Trinajstić information content (AvgIpc) is 3.27. The van der Waals surface area contributed by atoms with Crippen LogP contribution in [0.1, 0.15) is 43.2 Å². The van der Waals surface area contributed by atoms with Gasteiger partial charge in [0.05, 0.1) is 19.9 Å². The standard InChI is InChI=1S/C29H37N3O4/c1-20(10-11-22-8-6-5-7-9-22)30-28(33)23-14-16-32(17-15-23)19-25-21(2)36-29(31-25)24-12-13-26(34-3)27(18-24)35-4/h5-9,12-13,18,20,23H,10-11,14-17,19H2,1-4H3,(H,30,33)/t20-/m0/s1. The van der Waals surface area contributed by atoms with Crippen molar-refractivity contribution in [2.24, 2.45) is 5.92 Å². The first-order valence-electron chi connectivity index (χ1n) is 12.7. The van der Waals surface area contributed by atoms with Crippen LogP contribution in [0.25, 0.3) is 11.5 Å². The van der Waals surface area contributed by atoms with Crippen LogP contribution in [-0.4, -0.2) is 49.1 Å². The predicted octanol–water partition coefficient (Wildman–Crippen LogP) is 5.02. The second kappa shape index (κ2) is 12.1. The number of hydrogen-bond acceptors (Lipinski definition) is 6. The highest BCUT2D eigenvalue weighted by atomic mass is 16.5. The Morgan fingerprint density at radius 2 is 1.83 bits per heavy atom. The fourth-order valence-electron chi connectivity index (χ4n) is 4.69. The largest absolute Gasteiger partial charge is 0.493 e. The van der Waals surface area contributed by atoms with E-state index in [1.807, 2.05) is 31.2 Å². The number of aromatic nitrogens is 1. The number of amides is 1. The molecule has 1 fully saturated rings. The number of ether oxygens (including phenoxy) is 2. The number of nitrogens with zero attached hydrogens (tertiary/aromatic N) is 2. The summed E-state index contributed by atoms with van der Waals surface area (Å²) in [5, 5.41) is 3.23. The maximum Gasteiger partial charge on any atom is 0.226 e. The van der Waals surface area contributed by atoms with Crippen molar-refractivity contribution < 1.29 is 18.7 Å². The second-order valence-corrected chi connectivity index (χ2v) is 9.58. The summed E-state index contributed by atoms with van der Waals surface area (Å²) in [4.78, 5) is 19.9. The van der Waals surface area contributed by atoms with E-state index in [1.54, 1.807) is 14.2 Å². The first-order chi connectivity index (χ1) is 17.5. The zero-order valence-electron chi connectivity index (χ0n) is 21.8. The monoisotopic (exact) mass is 491 g/mol. The number of benzene rings is 2. The summed E-state index contributed by atoms with van der Waals surface area (Å²) in [6.45, 7) is 6.50. The molecule has 1 amide bonds. The van der Waals surface area contributed by atoms with E-state index in [-0.39, 0.29) is 17.9 Å². The van der Waals surface area contributed by atoms with E-state index in [4.69, 9.17) is 18.9 Å². The predicted molar refractivity (Wildman–Crippen MR) is 140 cm³/mol. The Morgan fingerprint density at radius 3 is 2.53 bits per heavy atom. The molecule has 2 heterocycles. The zero-order chi connectivity index (χ0) is 25.5. The SMILES string of the molecule is COc1ccc(-c2nc(CN3CCC(C(=O)N[C@@H](C)CCc4ccccc4)CC3)c(C)o2)cc1OC. The van der Waals surface area contributed by atoms with Crippen molar-refractivity contribution in [3.05, 3.63) is 65.5 Å². The molecule has 1 aromatic heterocycles. The third-order valence-corrected chi connectivity index (χ3v) is 6.95. The van der Waals surface area contributed by atoms with Crippen molar-refractivity contribution in [1.82, 2.24) is 15.2 Å². The number of likely N-dealkylation sites (tertiary alicyclic amines) is 1.